The van der Waals surface area contributed by atoms with Gasteiger partial charge in [0, 0.05) is 19.0 Å². The maximum absolute atomic E-state index is 12.7. The van der Waals surface area contributed by atoms with Gasteiger partial charge in [0.15, 0.2) is 5.54 Å². The highest BCUT2D eigenvalue weighted by Gasteiger charge is 2.31. The zero-order valence-corrected chi connectivity index (χ0v) is 16.8. The van der Waals surface area contributed by atoms with E-state index in [0.717, 1.165) is 11.1 Å². The third kappa shape index (κ3) is 4.03. The number of benzene rings is 1. The first-order valence-electron chi connectivity index (χ1n) is 9.17. The Morgan fingerprint density at radius 1 is 1.21 bits per heavy atom. The molecule has 0 saturated heterocycles. The van der Waals surface area contributed by atoms with E-state index in [1.807, 2.05) is 32.0 Å². The van der Waals surface area contributed by atoms with Crippen LogP contribution in [0.3, 0.4) is 0 Å². The number of aromatic nitrogens is 2. The van der Waals surface area contributed by atoms with Crippen LogP contribution in [-0.2, 0) is 19.9 Å². The second-order valence-corrected chi connectivity index (χ2v) is 7.53. The van der Waals surface area contributed by atoms with E-state index in [1.54, 1.807) is 0 Å². The quantitative estimate of drug-likeness (QED) is 0.804. The van der Waals surface area contributed by atoms with Gasteiger partial charge >= 0.3 is 5.97 Å². The maximum Gasteiger partial charge on any atom is 0.331 e. The number of nitrogens with one attached hydrogen (secondary N) is 1. The third-order valence-corrected chi connectivity index (χ3v) is 4.82. The van der Waals surface area contributed by atoms with Crippen LogP contribution in [0.15, 0.2) is 35.7 Å². The van der Waals surface area contributed by atoms with E-state index in [9.17, 15) is 19.5 Å². The number of anilines is 2. The molecule has 2 amide bonds. The summed E-state index contributed by atoms with van der Waals surface area (Å²) >= 11 is 0. The molecular formula is C20H23N5O4. The summed E-state index contributed by atoms with van der Waals surface area (Å²) in [4.78, 5) is 36.4. The number of aliphatic carboxylic acids is 1. The normalized spacial score (nSPS) is 14.6. The first-order chi connectivity index (χ1) is 13.6. The first-order valence-corrected chi connectivity index (χ1v) is 9.17. The van der Waals surface area contributed by atoms with Crippen LogP contribution in [0.25, 0.3) is 0 Å². The number of hydrogen-bond donors (Lipinski definition) is 2. The topological polar surface area (TPSA) is 117 Å². The smallest absolute Gasteiger partial charge is 0.331 e. The molecule has 2 aromatic rings. The van der Waals surface area contributed by atoms with E-state index in [4.69, 9.17) is 0 Å². The monoisotopic (exact) mass is 397 g/mol. The fourth-order valence-electron chi connectivity index (χ4n) is 2.85. The van der Waals surface area contributed by atoms with Gasteiger partial charge in [0.05, 0.1) is 17.6 Å². The Bertz CT molecular complexity index is 1020. The highest BCUT2D eigenvalue weighted by Crippen LogP contribution is 2.26. The number of hydrogen-bond acceptors (Lipinski definition) is 5. The molecule has 0 saturated carbocycles. The number of carbonyl (C=O) groups excluding carboxylic acids is 2. The summed E-state index contributed by atoms with van der Waals surface area (Å²) in [5.41, 5.74) is 1.83. The van der Waals surface area contributed by atoms with Crippen molar-refractivity contribution in [1.82, 2.24) is 9.78 Å². The predicted molar refractivity (Wildman–Crippen MR) is 108 cm³/mol. The summed E-state index contributed by atoms with van der Waals surface area (Å²) in [5.74, 6) is -1.68. The molecule has 152 valence electrons. The molecule has 0 unspecified atom stereocenters. The highest BCUT2D eigenvalue weighted by atomic mass is 16.4. The number of rotatable bonds is 5. The average molecular weight is 397 g/mol. The van der Waals surface area contributed by atoms with Crippen molar-refractivity contribution in [3.05, 3.63) is 41.7 Å². The summed E-state index contributed by atoms with van der Waals surface area (Å²) in [6.07, 6.45) is 3.22. The van der Waals surface area contributed by atoms with Gasteiger partial charge in [-0.05, 0) is 44.9 Å². The Balaban J connectivity index is 1.82. The maximum atomic E-state index is 12.7. The van der Waals surface area contributed by atoms with Gasteiger partial charge in [-0.2, -0.15) is 10.2 Å². The van der Waals surface area contributed by atoms with Gasteiger partial charge in [-0.3, -0.25) is 14.3 Å². The fourth-order valence-corrected chi connectivity index (χ4v) is 2.85. The number of aryl methyl sites for hydroxylation is 2. The minimum atomic E-state index is -1.25. The van der Waals surface area contributed by atoms with Gasteiger partial charge in [0.2, 0.25) is 5.91 Å². The molecule has 2 heterocycles. The van der Waals surface area contributed by atoms with Crippen LogP contribution in [0.2, 0.25) is 0 Å². The van der Waals surface area contributed by atoms with E-state index >= 15 is 0 Å². The van der Waals surface area contributed by atoms with Gasteiger partial charge < -0.3 is 10.4 Å². The second kappa shape index (κ2) is 7.50. The molecule has 0 radical (unpaired) electrons. The van der Waals surface area contributed by atoms with E-state index in [-0.39, 0.29) is 24.5 Å². The summed E-state index contributed by atoms with van der Waals surface area (Å²) < 4.78 is 1.26. The molecular weight excluding hydrogens is 374 g/mol. The molecule has 9 heteroatoms. The predicted octanol–water partition coefficient (Wildman–Crippen LogP) is 2.44. The van der Waals surface area contributed by atoms with Crippen molar-refractivity contribution >= 4 is 34.9 Å². The number of amides is 2. The van der Waals surface area contributed by atoms with E-state index in [1.165, 1.54) is 35.9 Å². The molecule has 3 rings (SSSR count). The summed E-state index contributed by atoms with van der Waals surface area (Å²) in [6, 6.07) is 5.71. The molecule has 0 fully saturated rings. The summed E-state index contributed by atoms with van der Waals surface area (Å²) in [6.45, 7) is 6.81. The van der Waals surface area contributed by atoms with Crippen molar-refractivity contribution in [2.75, 3.05) is 10.3 Å². The molecule has 0 bridgehead atoms. The highest BCUT2D eigenvalue weighted by molar-refractivity contribution is 6.44. The van der Waals surface area contributed by atoms with E-state index in [0.29, 0.717) is 11.4 Å². The number of carboxylic acids is 1. The van der Waals surface area contributed by atoms with Crippen LogP contribution < -0.4 is 10.3 Å². The Kier molecular flexibility index (Phi) is 5.23. The molecule has 9 nitrogen and oxygen atoms in total. The Hall–Kier alpha value is -3.49. The van der Waals surface area contributed by atoms with Crippen LogP contribution in [0.5, 0.6) is 0 Å². The lowest BCUT2D eigenvalue weighted by atomic mass is 10.1. The van der Waals surface area contributed by atoms with Crippen LogP contribution in [0.4, 0.5) is 11.4 Å². The van der Waals surface area contributed by atoms with Crippen molar-refractivity contribution in [2.24, 2.45) is 5.10 Å². The van der Waals surface area contributed by atoms with Gasteiger partial charge in [0.1, 0.15) is 5.71 Å². The molecule has 1 aromatic heterocycles. The molecule has 29 heavy (non-hydrogen) atoms. The Labute approximate surface area is 168 Å². The van der Waals surface area contributed by atoms with Crippen LogP contribution in [-0.4, -0.2) is 38.4 Å². The SMILES string of the molecule is Cc1ccc(C)c(N2N=C(C(=O)Nc3cnn(C(C)(C)C(=O)O)c3)CCC2=O)c1. The minimum absolute atomic E-state index is 0.172. The zero-order chi connectivity index (χ0) is 21.3. The Morgan fingerprint density at radius 2 is 1.93 bits per heavy atom. The van der Waals surface area contributed by atoms with Crippen LogP contribution >= 0.6 is 0 Å². The lowest BCUT2D eigenvalue weighted by Gasteiger charge is -2.24. The van der Waals surface area contributed by atoms with Crippen molar-refractivity contribution in [2.45, 2.75) is 46.1 Å². The first kappa shape index (κ1) is 20.2. The molecule has 1 aliphatic rings. The lowest BCUT2D eigenvalue weighted by Crippen LogP contribution is -2.37. The van der Waals surface area contributed by atoms with Crippen molar-refractivity contribution < 1.29 is 19.5 Å². The molecule has 2 N–H and O–H groups in total. The largest absolute Gasteiger partial charge is 0.479 e. The second-order valence-electron chi connectivity index (χ2n) is 7.53. The Morgan fingerprint density at radius 3 is 2.62 bits per heavy atom. The van der Waals surface area contributed by atoms with Gasteiger partial charge in [-0.1, -0.05) is 12.1 Å². The van der Waals surface area contributed by atoms with E-state index in [2.05, 4.69) is 15.5 Å². The number of hydrazone groups is 1. The van der Waals surface area contributed by atoms with Gasteiger partial charge in [-0.15, -0.1) is 0 Å². The summed E-state index contributed by atoms with van der Waals surface area (Å²) in [7, 11) is 0. The van der Waals surface area contributed by atoms with Crippen LogP contribution in [0, 0.1) is 13.8 Å². The lowest BCUT2D eigenvalue weighted by molar-refractivity contribution is -0.146. The third-order valence-electron chi connectivity index (χ3n) is 4.82. The van der Waals surface area contributed by atoms with Gasteiger partial charge in [-0.25, -0.2) is 9.80 Å². The van der Waals surface area contributed by atoms with Crippen molar-refractivity contribution in [3.63, 3.8) is 0 Å². The minimum Gasteiger partial charge on any atom is -0.479 e. The zero-order valence-electron chi connectivity index (χ0n) is 16.8. The standard InChI is InChI=1S/C20H23N5O4/c1-12-5-6-13(2)16(9-12)25-17(26)8-7-15(23-25)18(27)22-14-10-21-24(11-14)20(3,4)19(28)29/h5-6,9-11H,7-8H2,1-4H3,(H,22,27)(H,28,29). The average Bonchev–Trinajstić information content (AvgIpc) is 3.13. The van der Waals surface area contributed by atoms with E-state index < -0.39 is 17.4 Å². The summed E-state index contributed by atoms with van der Waals surface area (Å²) in [5, 5.41) is 21.5. The molecule has 0 atom stereocenters. The van der Waals surface area contributed by atoms with Gasteiger partial charge in [0.25, 0.3) is 5.91 Å². The molecule has 0 spiro atoms. The molecule has 1 aliphatic heterocycles. The number of carboxylic acid groups (broad SMARTS) is 1. The molecule has 1 aromatic carbocycles. The number of nitrogens with zero attached hydrogens (tertiary/aromatic N) is 4. The van der Waals surface area contributed by atoms with Crippen LogP contribution in [0.1, 0.15) is 37.8 Å². The fraction of sp³-hybridized carbons (Fsp3) is 0.350. The number of carbonyl (C=O) groups is 3. The van der Waals surface area contributed by atoms with Crippen molar-refractivity contribution in [1.29, 1.82) is 0 Å². The van der Waals surface area contributed by atoms with Crippen molar-refractivity contribution in [3.8, 4) is 0 Å². The molecule has 0 aliphatic carbocycles.